The van der Waals surface area contributed by atoms with Gasteiger partial charge in [-0.25, -0.2) is 8.42 Å². The summed E-state index contributed by atoms with van der Waals surface area (Å²) in [5, 5.41) is 13.3. The third kappa shape index (κ3) is 3.09. The Balaban J connectivity index is 2.24. The van der Waals surface area contributed by atoms with Crippen LogP contribution in [0.3, 0.4) is 0 Å². The average Bonchev–Trinajstić information content (AvgIpc) is 2.65. The Morgan fingerprint density at radius 2 is 1.85 bits per heavy atom. The van der Waals surface area contributed by atoms with Crippen LogP contribution in [-0.4, -0.2) is 71.0 Å². The normalized spacial score (nSPS) is 28.1. The number of sulfone groups is 1. The summed E-state index contributed by atoms with van der Waals surface area (Å²) in [5.74, 6) is -1.79. The Bertz CT molecular complexity index is 717. The smallest absolute Gasteiger partial charge is 0.245 e. The van der Waals surface area contributed by atoms with Gasteiger partial charge in [0.1, 0.15) is 17.5 Å². The molecule has 2 aliphatic heterocycles. The van der Waals surface area contributed by atoms with Gasteiger partial charge in [-0.15, -0.1) is 0 Å². The van der Waals surface area contributed by atoms with Gasteiger partial charge in [0.25, 0.3) is 0 Å². The summed E-state index contributed by atoms with van der Waals surface area (Å²) in [4.78, 5) is 38.3. The molecule has 0 bridgehead atoms. The SMILES string of the molecule is CC(CO)NC(=O)C(NC(=O)C1N2C(=O)CC2S(=O)(=O)C1(C)C)C(C)C. The summed E-state index contributed by atoms with van der Waals surface area (Å²) in [6.07, 6.45) is -0.113. The Morgan fingerprint density at radius 3 is 2.31 bits per heavy atom. The number of nitrogens with one attached hydrogen (secondary N) is 2. The van der Waals surface area contributed by atoms with Gasteiger partial charge in [-0.2, -0.15) is 0 Å². The monoisotopic (exact) mass is 389 g/mol. The number of carbonyl (C=O) groups excluding carboxylic acids is 3. The average molecular weight is 389 g/mol. The molecule has 2 saturated heterocycles. The molecule has 2 aliphatic rings. The quantitative estimate of drug-likeness (QED) is 0.487. The lowest BCUT2D eigenvalue weighted by atomic mass is 9.95. The topological polar surface area (TPSA) is 133 Å². The van der Waals surface area contributed by atoms with E-state index in [1.807, 2.05) is 0 Å². The molecule has 2 heterocycles. The van der Waals surface area contributed by atoms with Crippen molar-refractivity contribution in [2.24, 2.45) is 5.92 Å². The largest absolute Gasteiger partial charge is 0.394 e. The number of aliphatic hydroxyl groups excluding tert-OH is 1. The van der Waals surface area contributed by atoms with E-state index in [9.17, 15) is 22.8 Å². The van der Waals surface area contributed by atoms with Crippen LogP contribution >= 0.6 is 0 Å². The number of rotatable bonds is 6. The van der Waals surface area contributed by atoms with E-state index in [-0.39, 0.29) is 24.9 Å². The molecule has 9 nitrogen and oxygen atoms in total. The molecule has 10 heteroatoms. The van der Waals surface area contributed by atoms with Gasteiger partial charge in [0.15, 0.2) is 9.84 Å². The molecule has 2 fully saturated rings. The first-order chi connectivity index (χ1) is 11.9. The summed E-state index contributed by atoms with van der Waals surface area (Å²) < 4.78 is 23.7. The predicted octanol–water partition coefficient (Wildman–Crippen LogP) is -1.24. The molecular formula is C16H27N3O6S. The number of β-lactam (4-membered cyclic amide) rings is 1. The van der Waals surface area contributed by atoms with Gasteiger partial charge >= 0.3 is 0 Å². The molecule has 4 unspecified atom stereocenters. The molecule has 0 radical (unpaired) electrons. The Hall–Kier alpha value is -1.68. The van der Waals surface area contributed by atoms with E-state index >= 15 is 0 Å². The van der Waals surface area contributed by atoms with Gasteiger partial charge in [-0.05, 0) is 26.7 Å². The van der Waals surface area contributed by atoms with Crippen LogP contribution in [0, 0.1) is 5.92 Å². The first-order valence-corrected chi connectivity index (χ1v) is 10.2. The van der Waals surface area contributed by atoms with Crippen LogP contribution in [0.5, 0.6) is 0 Å². The summed E-state index contributed by atoms with van der Waals surface area (Å²) >= 11 is 0. The van der Waals surface area contributed by atoms with E-state index in [1.165, 1.54) is 13.8 Å². The molecule has 0 saturated carbocycles. The summed E-state index contributed by atoms with van der Waals surface area (Å²) in [7, 11) is -3.68. The maximum Gasteiger partial charge on any atom is 0.245 e. The van der Waals surface area contributed by atoms with Gasteiger partial charge in [0.2, 0.25) is 17.7 Å². The van der Waals surface area contributed by atoms with Crippen LogP contribution in [0.25, 0.3) is 0 Å². The second-order valence-electron chi connectivity index (χ2n) is 7.83. The van der Waals surface area contributed by atoms with Crippen molar-refractivity contribution in [3.63, 3.8) is 0 Å². The number of carbonyl (C=O) groups is 3. The number of hydrogen-bond acceptors (Lipinski definition) is 6. The third-order valence-corrected chi connectivity index (χ3v) is 7.93. The molecule has 3 amide bonds. The minimum atomic E-state index is -3.68. The van der Waals surface area contributed by atoms with E-state index in [1.54, 1.807) is 20.8 Å². The Labute approximate surface area is 153 Å². The second-order valence-corrected chi connectivity index (χ2v) is 10.5. The summed E-state index contributed by atoms with van der Waals surface area (Å²) in [6.45, 7) is 7.70. The van der Waals surface area contributed by atoms with E-state index in [4.69, 9.17) is 5.11 Å². The van der Waals surface area contributed by atoms with Crippen LogP contribution in [0.15, 0.2) is 0 Å². The van der Waals surface area contributed by atoms with Crippen molar-refractivity contribution in [2.75, 3.05) is 6.61 Å². The van der Waals surface area contributed by atoms with Crippen molar-refractivity contribution in [2.45, 2.75) is 69.3 Å². The van der Waals surface area contributed by atoms with Crippen molar-refractivity contribution < 1.29 is 27.9 Å². The van der Waals surface area contributed by atoms with Gasteiger partial charge < -0.3 is 20.6 Å². The molecule has 0 aromatic carbocycles. The summed E-state index contributed by atoms with van der Waals surface area (Å²) in [5.41, 5.74) is 0. The minimum Gasteiger partial charge on any atom is -0.394 e. The lowest BCUT2D eigenvalue weighted by Crippen LogP contribution is -2.62. The van der Waals surface area contributed by atoms with Crippen molar-refractivity contribution >= 4 is 27.6 Å². The molecule has 148 valence electrons. The van der Waals surface area contributed by atoms with Gasteiger partial charge in [-0.1, -0.05) is 13.8 Å². The predicted molar refractivity (Wildman–Crippen MR) is 93.5 cm³/mol. The van der Waals surface area contributed by atoms with Crippen LogP contribution in [-0.2, 0) is 24.2 Å². The highest BCUT2D eigenvalue weighted by atomic mass is 32.2. The highest BCUT2D eigenvalue weighted by Crippen LogP contribution is 2.45. The molecule has 0 aliphatic carbocycles. The molecule has 0 aromatic rings. The van der Waals surface area contributed by atoms with Crippen molar-refractivity contribution in [3.8, 4) is 0 Å². The molecular weight excluding hydrogens is 362 g/mol. The number of hydrogen-bond donors (Lipinski definition) is 3. The Kier molecular flexibility index (Phi) is 5.40. The second kappa shape index (κ2) is 6.80. The van der Waals surface area contributed by atoms with E-state index < -0.39 is 49.9 Å². The zero-order chi connectivity index (χ0) is 20.0. The van der Waals surface area contributed by atoms with Crippen molar-refractivity contribution in [1.29, 1.82) is 0 Å². The molecule has 0 aromatic heterocycles. The van der Waals surface area contributed by atoms with E-state index in [0.29, 0.717) is 0 Å². The molecule has 0 spiro atoms. The highest BCUT2D eigenvalue weighted by Gasteiger charge is 2.67. The maximum atomic E-state index is 12.9. The number of nitrogens with zero attached hydrogens (tertiary/aromatic N) is 1. The molecule has 2 rings (SSSR count). The van der Waals surface area contributed by atoms with Crippen LogP contribution in [0.2, 0.25) is 0 Å². The lowest BCUT2D eigenvalue weighted by molar-refractivity contribution is -0.150. The highest BCUT2D eigenvalue weighted by molar-refractivity contribution is 7.93. The van der Waals surface area contributed by atoms with E-state index in [2.05, 4.69) is 10.6 Å². The molecule has 3 N–H and O–H groups in total. The number of fused-ring (bicyclic) bond motifs is 1. The molecule has 4 atom stereocenters. The zero-order valence-electron chi connectivity index (χ0n) is 15.6. The maximum absolute atomic E-state index is 12.9. The number of amides is 3. The fourth-order valence-corrected chi connectivity index (χ4v) is 5.53. The fraction of sp³-hybridized carbons (Fsp3) is 0.812. The first kappa shape index (κ1) is 20.6. The molecule has 26 heavy (non-hydrogen) atoms. The van der Waals surface area contributed by atoms with Crippen molar-refractivity contribution in [1.82, 2.24) is 15.5 Å². The van der Waals surface area contributed by atoms with Gasteiger partial charge in [-0.3, -0.25) is 14.4 Å². The number of aliphatic hydroxyl groups is 1. The van der Waals surface area contributed by atoms with Gasteiger partial charge in [0, 0.05) is 6.04 Å². The Morgan fingerprint density at radius 1 is 1.27 bits per heavy atom. The van der Waals surface area contributed by atoms with Crippen LogP contribution < -0.4 is 10.6 Å². The zero-order valence-corrected chi connectivity index (χ0v) is 16.5. The van der Waals surface area contributed by atoms with Crippen LogP contribution in [0.4, 0.5) is 0 Å². The van der Waals surface area contributed by atoms with E-state index in [0.717, 1.165) is 4.90 Å². The third-order valence-electron chi connectivity index (χ3n) is 5.13. The fourth-order valence-electron chi connectivity index (χ4n) is 3.40. The first-order valence-electron chi connectivity index (χ1n) is 8.62. The lowest BCUT2D eigenvalue weighted by Gasteiger charge is -2.37. The standard InChI is InChI=1S/C16H27N3O6S/c1-8(2)12(14(22)17-9(3)7-20)18-15(23)13-16(4,5)26(24,25)11-6-10(21)19(11)13/h8-9,11-13,20H,6-7H2,1-5H3,(H,17,22)(H,18,23). The van der Waals surface area contributed by atoms with Gasteiger partial charge in [0.05, 0.1) is 17.8 Å². The summed E-state index contributed by atoms with van der Waals surface area (Å²) in [6, 6.07) is -2.57. The minimum absolute atomic E-state index is 0.113. The van der Waals surface area contributed by atoms with Crippen LogP contribution in [0.1, 0.15) is 41.0 Å². The van der Waals surface area contributed by atoms with Crippen molar-refractivity contribution in [3.05, 3.63) is 0 Å².